The lowest BCUT2D eigenvalue weighted by Crippen LogP contribution is -2.19. The molecule has 8 heteroatoms. The van der Waals surface area contributed by atoms with Crippen LogP contribution in [0.15, 0.2) is 12.3 Å². The Morgan fingerprint density at radius 2 is 2.24 bits per heavy atom. The molecule has 2 rings (SSSR count). The topological polar surface area (TPSA) is 51.2 Å². The zero-order valence-corrected chi connectivity index (χ0v) is 8.97. The second kappa shape index (κ2) is 4.06. The fourth-order valence-corrected chi connectivity index (χ4v) is 1.65. The van der Waals surface area contributed by atoms with Crippen LogP contribution >= 0.6 is 11.6 Å². The molecule has 1 amide bonds. The predicted octanol–water partition coefficient (Wildman–Crippen LogP) is 2.53. The first-order valence-electron chi connectivity index (χ1n) is 4.54. The number of halogens is 4. The second-order valence-corrected chi connectivity index (χ2v) is 3.76. The minimum absolute atomic E-state index is 0.0679. The first kappa shape index (κ1) is 12.0. The number of nitrogens with one attached hydrogen (secondary N) is 1. The Morgan fingerprint density at radius 3 is 2.76 bits per heavy atom. The van der Waals surface area contributed by atoms with Gasteiger partial charge in [0.2, 0.25) is 0 Å². The third kappa shape index (κ3) is 2.44. The number of pyridine rings is 1. The van der Waals surface area contributed by atoms with E-state index >= 15 is 0 Å². The van der Waals surface area contributed by atoms with Crippen molar-refractivity contribution in [3.63, 3.8) is 0 Å². The summed E-state index contributed by atoms with van der Waals surface area (Å²) in [7, 11) is 0. The zero-order valence-electron chi connectivity index (χ0n) is 8.21. The molecule has 1 aromatic heterocycles. The number of nitrogens with zero attached hydrogens (tertiary/aromatic N) is 1. The standard InChI is InChI=1S/C9H6ClF3N2O2/c10-7-5(6-3-17-8(16)15-6)1-4(2-14-7)9(11,12)13/h1-2,6H,3H2,(H,15,16). The normalized spacial score (nSPS) is 20.0. The molecule has 1 aliphatic rings. The van der Waals surface area contributed by atoms with Gasteiger partial charge >= 0.3 is 12.3 Å². The summed E-state index contributed by atoms with van der Waals surface area (Å²) < 4.78 is 42.0. The Bertz CT molecular complexity index is 464. The van der Waals surface area contributed by atoms with E-state index in [1.807, 2.05) is 0 Å². The number of hydrogen-bond acceptors (Lipinski definition) is 3. The van der Waals surface area contributed by atoms with Crippen LogP contribution in [0.3, 0.4) is 0 Å². The van der Waals surface area contributed by atoms with Gasteiger partial charge in [0.15, 0.2) is 0 Å². The molecule has 2 heterocycles. The molecule has 1 atom stereocenters. The first-order chi connectivity index (χ1) is 7.88. The molecule has 0 saturated carbocycles. The molecule has 1 aliphatic heterocycles. The fraction of sp³-hybridized carbons (Fsp3) is 0.333. The molecule has 0 aromatic carbocycles. The first-order valence-corrected chi connectivity index (χ1v) is 4.91. The Balaban J connectivity index is 2.36. The van der Waals surface area contributed by atoms with Gasteiger partial charge in [-0.15, -0.1) is 0 Å². The van der Waals surface area contributed by atoms with Crippen LogP contribution < -0.4 is 5.32 Å². The molecule has 1 saturated heterocycles. The monoisotopic (exact) mass is 266 g/mol. The highest BCUT2D eigenvalue weighted by Gasteiger charge is 2.34. The molecule has 92 valence electrons. The van der Waals surface area contributed by atoms with Gasteiger partial charge in [-0.05, 0) is 6.07 Å². The zero-order chi connectivity index (χ0) is 12.6. The third-order valence-corrected chi connectivity index (χ3v) is 2.56. The molecule has 1 unspecified atom stereocenters. The number of alkyl halides is 3. The lowest BCUT2D eigenvalue weighted by molar-refractivity contribution is -0.137. The van der Waals surface area contributed by atoms with Crippen LogP contribution in [0.1, 0.15) is 17.2 Å². The summed E-state index contributed by atoms with van der Waals surface area (Å²) in [4.78, 5) is 14.3. The molecule has 0 radical (unpaired) electrons. The van der Waals surface area contributed by atoms with E-state index in [4.69, 9.17) is 11.6 Å². The van der Waals surface area contributed by atoms with Crippen LogP contribution in [0.25, 0.3) is 0 Å². The molecular weight excluding hydrogens is 261 g/mol. The Kier molecular flexibility index (Phi) is 2.86. The Morgan fingerprint density at radius 1 is 1.53 bits per heavy atom. The van der Waals surface area contributed by atoms with Crippen LogP contribution in [0.4, 0.5) is 18.0 Å². The van der Waals surface area contributed by atoms with E-state index in [9.17, 15) is 18.0 Å². The smallest absolute Gasteiger partial charge is 0.417 e. The van der Waals surface area contributed by atoms with E-state index in [1.165, 1.54) is 0 Å². The summed E-state index contributed by atoms with van der Waals surface area (Å²) in [6, 6.07) is 0.152. The maximum atomic E-state index is 12.5. The molecule has 17 heavy (non-hydrogen) atoms. The Labute approximate surface area is 98.7 Å². The van der Waals surface area contributed by atoms with Crippen LogP contribution in [-0.4, -0.2) is 17.7 Å². The molecule has 0 bridgehead atoms. The van der Waals surface area contributed by atoms with Crippen molar-refractivity contribution in [2.24, 2.45) is 0 Å². The number of carbonyl (C=O) groups is 1. The predicted molar refractivity (Wildman–Crippen MR) is 51.5 cm³/mol. The summed E-state index contributed by atoms with van der Waals surface area (Å²) in [6.45, 7) is -0.0679. The highest BCUT2D eigenvalue weighted by Crippen LogP contribution is 2.33. The van der Waals surface area contributed by atoms with E-state index in [-0.39, 0.29) is 17.3 Å². The van der Waals surface area contributed by atoms with Gasteiger partial charge in [-0.2, -0.15) is 13.2 Å². The van der Waals surface area contributed by atoms with Gasteiger partial charge in [-0.1, -0.05) is 11.6 Å². The van der Waals surface area contributed by atoms with Gasteiger partial charge in [-0.25, -0.2) is 9.78 Å². The number of ether oxygens (including phenoxy) is 1. The van der Waals surface area contributed by atoms with Crippen LogP contribution in [0.5, 0.6) is 0 Å². The largest absolute Gasteiger partial charge is 0.447 e. The molecule has 1 fully saturated rings. The highest BCUT2D eigenvalue weighted by atomic mass is 35.5. The van der Waals surface area contributed by atoms with Crippen LogP contribution in [0.2, 0.25) is 5.15 Å². The van der Waals surface area contributed by atoms with Crippen molar-refractivity contribution in [2.45, 2.75) is 12.2 Å². The number of aromatic nitrogens is 1. The molecule has 0 spiro atoms. The summed E-state index contributed by atoms with van der Waals surface area (Å²) in [5.74, 6) is 0. The van der Waals surface area contributed by atoms with Crippen molar-refractivity contribution in [3.05, 3.63) is 28.5 Å². The lowest BCUT2D eigenvalue weighted by Gasteiger charge is -2.12. The summed E-state index contributed by atoms with van der Waals surface area (Å²) in [6.07, 6.45) is -4.55. The molecular formula is C9H6ClF3N2O2. The van der Waals surface area contributed by atoms with Crippen LogP contribution in [0, 0.1) is 0 Å². The van der Waals surface area contributed by atoms with Gasteiger partial charge in [0, 0.05) is 11.8 Å². The number of alkyl carbamates (subject to hydrolysis) is 1. The average molecular weight is 267 g/mol. The highest BCUT2D eigenvalue weighted by molar-refractivity contribution is 6.30. The van der Waals surface area contributed by atoms with Crippen molar-refractivity contribution < 1.29 is 22.7 Å². The third-order valence-electron chi connectivity index (χ3n) is 2.24. The number of cyclic esters (lactones) is 1. The van der Waals surface area contributed by atoms with Gasteiger partial charge in [0.05, 0.1) is 11.6 Å². The molecule has 4 nitrogen and oxygen atoms in total. The van der Waals surface area contributed by atoms with E-state index in [2.05, 4.69) is 15.0 Å². The van der Waals surface area contributed by atoms with E-state index < -0.39 is 23.9 Å². The minimum atomic E-state index is -4.50. The maximum Gasteiger partial charge on any atom is 0.417 e. The van der Waals surface area contributed by atoms with E-state index in [0.29, 0.717) is 6.20 Å². The summed E-state index contributed by atoms with van der Waals surface area (Å²) in [5, 5.41) is 2.25. The average Bonchev–Trinajstić information content (AvgIpc) is 2.63. The molecule has 1 N–H and O–H groups in total. The van der Waals surface area contributed by atoms with Gasteiger partial charge in [0.1, 0.15) is 11.8 Å². The summed E-state index contributed by atoms with van der Waals surface area (Å²) in [5.41, 5.74) is -0.828. The second-order valence-electron chi connectivity index (χ2n) is 3.40. The number of carbonyl (C=O) groups excluding carboxylic acids is 1. The molecule has 1 aromatic rings. The van der Waals surface area contributed by atoms with Gasteiger partial charge in [0.25, 0.3) is 0 Å². The Hall–Kier alpha value is -1.50. The SMILES string of the molecule is O=C1NC(c2cc(C(F)(F)F)cnc2Cl)CO1. The number of rotatable bonds is 1. The van der Waals surface area contributed by atoms with Gasteiger partial charge in [-0.3, -0.25) is 0 Å². The minimum Gasteiger partial charge on any atom is -0.447 e. The maximum absolute atomic E-state index is 12.5. The van der Waals surface area contributed by atoms with Gasteiger partial charge < -0.3 is 10.1 Å². The van der Waals surface area contributed by atoms with Crippen molar-refractivity contribution in [2.75, 3.05) is 6.61 Å². The van der Waals surface area contributed by atoms with E-state index in [0.717, 1.165) is 6.07 Å². The van der Waals surface area contributed by atoms with Crippen molar-refractivity contribution in [1.29, 1.82) is 0 Å². The van der Waals surface area contributed by atoms with Crippen molar-refractivity contribution >= 4 is 17.7 Å². The lowest BCUT2D eigenvalue weighted by atomic mass is 10.1. The number of hydrogen-bond donors (Lipinski definition) is 1. The fourth-order valence-electron chi connectivity index (χ4n) is 1.42. The van der Waals surface area contributed by atoms with Crippen molar-refractivity contribution in [3.8, 4) is 0 Å². The quantitative estimate of drug-likeness (QED) is 0.795. The number of amides is 1. The van der Waals surface area contributed by atoms with Crippen molar-refractivity contribution in [1.82, 2.24) is 10.3 Å². The summed E-state index contributed by atoms with van der Waals surface area (Å²) >= 11 is 5.69. The van der Waals surface area contributed by atoms with Crippen LogP contribution in [-0.2, 0) is 10.9 Å². The molecule has 0 aliphatic carbocycles. The van der Waals surface area contributed by atoms with E-state index in [1.54, 1.807) is 0 Å².